The van der Waals surface area contributed by atoms with Crippen molar-refractivity contribution in [2.45, 2.75) is 6.92 Å². The molecule has 25 heavy (non-hydrogen) atoms. The van der Waals surface area contributed by atoms with Crippen molar-refractivity contribution in [3.8, 4) is 11.5 Å². The Bertz CT molecular complexity index is 984. The molecule has 0 unspecified atom stereocenters. The Hall–Kier alpha value is -3.48. The fraction of sp³-hybridized carbons (Fsp3) is 0.111. The Morgan fingerprint density at radius 3 is 2.52 bits per heavy atom. The van der Waals surface area contributed by atoms with Crippen LogP contribution in [-0.4, -0.2) is 23.0 Å². The van der Waals surface area contributed by atoms with Crippen molar-refractivity contribution in [2.24, 2.45) is 0 Å². The number of methoxy groups -OCH3 is 1. The van der Waals surface area contributed by atoms with Crippen LogP contribution in [0.5, 0.6) is 11.5 Å². The molecule has 0 amide bonds. The van der Waals surface area contributed by atoms with E-state index in [0.29, 0.717) is 16.8 Å². The van der Waals surface area contributed by atoms with E-state index < -0.39 is 10.9 Å². The first kappa shape index (κ1) is 16.4. The molecule has 0 radical (unpaired) electrons. The molecule has 7 nitrogen and oxygen atoms in total. The summed E-state index contributed by atoms with van der Waals surface area (Å²) in [6, 6.07) is 12.8. The fourth-order valence-corrected chi connectivity index (χ4v) is 2.40. The second kappa shape index (κ2) is 6.56. The third-order valence-corrected chi connectivity index (χ3v) is 3.68. The number of benzene rings is 2. The summed E-state index contributed by atoms with van der Waals surface area (Å²) in [6.07, 6.45) is 0. The van der Waals surface area contributed by atoms with E-state index in [1.165, 1.54) is 18.2 Å². The van der Waals surface area contributed by atoms with Gasteiger partial charge in [-0.25, -0.2) is 9.78 Å². The van der Waals surface area contributed by atoms with Gasteiger partial charge >= 0.3 is 5.97 Å². The molecule has 126 valence electrons. The highest BCUT2D eigenvalue weighted by molar-refractivity contribution is 5.92. The molecule has 2 aromatic carbocycles. The summed E-state index contributed by atoms with van der Waals surface area (Å²) in [4.78, 5) is 26.9. The number of fused-ring (bicyclic) bond motifs is 1. The Balaban J connectivity index is 1.84. The van der Waals surface area contributed by atoms with Crippen molar-refractivity contribution < 1.29 is 19.2 Å². The van der Waals surface area contributed by atoms with Gasteiger partial charge in [0.05, 0.1) is 17.5 Å². The van der Waals surface area contributed by atoms with Crippen LogP contribution in [0.3, 0.4) is 0 Å². The zero-order chi connectivity index (χ0) is 18.0. The van der Waals surface area contributed by atoms with Gasteiger partial charge in [-0.05, 0) is 43.3 Å². The van der Waals surface area contributed by atoms with E-state index in [1.54, 1.807) is 38.3 Å². The molecule has 0 saturated carbocycles. The molecule has 0 atom stereocenters. The van der Waals surface area contributed by atoms with Crippen LogP contribution in [0.2, 0.25) is 0 Å². The van der Waals surface area contributed by atoms with Gasteiger partial charge < -0.3 is 9.47 Å². The normalized spacial score (nSPS) is 10.5. The number of rotatable bonds is 4. The lowest BCUT2D eigenvalue weighted by molar-refractivity contribution is -0.385. The number of hydrogen-bond acceptors (Lipinski definition) is 6. The van der Waals surface area contributed by atoms with Gasteiger partial charge in [-0.1, -0.05) is 6.07 Å². The van der Waals surface area contributed by atoms with Crippen LogP contribution >= 0.6 is 0 Å². The quantitative estimate of drug-likeness (QED) is 0.312. The fourth-order valence-electron chi connectivity index (χ4n) is 2.40. The lowest BCUT2D eigenvalue weighted by Crippen LogP contribution is -2.10. The Morgan fingerprint density at radius 1 is 1.08 bits per heavy atom. The van der Waals surface area contributed by atoms with Crippen LogP contribution in [0, 0.1) is 17.0 Å². The third-order valence-electron chi connectivity index (χ3n) is 3.68. The van der Waals surface area contributed by atoms with Gasteiger partial charge in [-0.2, -0.15) is 0 Å². The minimum atomic E-state index is -0.633. The molecule has 0 aliphatic carbocycles. The van der Waals surface area contributed by atoms with Crippen LogP contribution in [0.1, 0.15) is 16.1 Å². The Labute approximate surface area is 143 Å². The molecular formula is C18H14N2O5. The lowest BCUT2D eigenvalue weighted by Gasteiger charge is -2.07. The van der Waals surface area contributed by atoms with E-state index >= 15 is 0 Å². The highest BCUT2D eigenvalue weighted by Crippen LogP contribution is 2.24. The molecule has 0 fully saturated rings. The molecule has 7 heteroatoms. The van der Waals surface area contributed by atoms with E-state index in [1.807, 2.05) is 6.07 Å². The monoisotopic (exact) mass is 338 g/mol. The van der Waals surface area contributed by atoms with E-state index in [9.17, 15) is 14.9 Å². The number of nitro benzene ring substituents is 1. The van der Waals surface area contributed by atoms with Crippen LogP contribution in [-0.2, 0) is 0 Å². The number of carbonyl (C=O) groups excluding carboxylic acids is 1. The largest absolute Gasteiger partial charge is 0.497 e. The van der Waals surface area contributed by atoms with E-state index in [0.717, 1.165) is 5.39 Å². The maximum atomic E-state index is 12.3. The number of nitro groups is 1. The summed E-state index contributed by atoms with van der Waals surface area (Å²) in [5.74, 6) is 0.293. The number of carbonyl (C=O) groups is 1. The van der Waals surface area contributed by atoms with Crippen LogP contribution in [0.15, 0.2) is 48.5 Å². The van der Waals surface area contributed by atoms with E-state index in [4.69, 9.17) is 9.47 Å². The summed E-state index contributed by atoms with van der Waals surface area (Å²) in [5, 5.41) is 11.7. The predicted octanol–water partition coefficient (Wildman–Crippen LogP) is 3.68. The second-order valence-electron chi connectivity index (χ2n) is 5.35. The number of pyridine rings is 1. The van der Waals surface area contributed by atoms with Gasteiger partial charge in [0.1, 0.15) is 17.2 Å². The average Bonchev–Trinajstić information content (AvgIpc) is 2.60. The standard InChI is InChI=1S/C18H14N2O5/c1-11-9-14(5-8-17(11)20(22)23)25-18(21)16-6-3-12-10-13(24-2)4-7-15(12)19-16/h3-10H,1-2H3. The molecule has 3 rings (SSSR count). The summed E-state index contributed by atoms with van der Waals surface area (Å²) in [5.41, 5.74) is 1.16. The molecule has 1 aromatic heterocycles. The number of esters is 1. The van der Waals surface area contributed by atoms with E-state index in [-0.39, 0.29) is 17.1 Å². The minimum absolute atomic E-state index is 0.0300. The smallest absolute Gasteiger partial charge is 0.362 e. The summed E-state index contributed by atoms with van der Waals surface area (Å²) < 4.78 is 10.4. The first-order valence-corrected chi connectivity index (χ1v) is 7.40. The Kier molecular flexibility index (Phi) is 4.30. The molecule has 0 saturated heterocycles. The van der Waals surface area contributed by atoms with E-state index in [2.05, 4.69) is 4.98 Å². The molecule has 3 aromatic rings. The van der Waals surface area contributed by atoms with Gasteiger partial charge in [0.15, 0.2) is 0 Å². The number of hydrogen-bond donors (Lipinski definition) is 0. The zero-order valence-corrected chi connectivity index (χ0v) is 13.6. The highest BCUT2D eigenvalue weighted by Gasteiger charge is 2.15. The number of ether oxygens (including phenoxy) is 2. The van der Waals surface area contributed by atoms with Crippen LogP contribution in [0.4, 0.5) is 5.69 Å². The third kappa shape index (κ3) is 3.40. The molecule has 1 heterocycles. The van der Waals surface area contributed by atoms with Crippen molar-refractivity contribution in [3.05, 3.63) is 69.9 Å². The molecule has 0 bridgehead atoms. The van der Waals surface area contributed by atoms with Gasteiger partial charge in [-0.15, -0.1) is 0 Å². The molecule has 0 aliphatic heterocycles. The number of aryl methyl sites for hydroxylation is 1. The topological polar surface area (TPSA) is 91.6 Å². The first-order chi connectivity index (χ1) is 12.0. The SMILES string of the molecule is COc1ccc2nc(C(=O)Oc3ccc([N+](=O)[O-])c(C)c3)ccc2c1. The molecular weight excluding hydrogens is 324 g/mol. The lowest BCUT2D eigenvalue weighted by atomic mass is 10.2. The van der Waals surface area contributed by atoms with Gasteiger partial charge in [-0.3, -0.25) is 10.1 Å². The van der Waals surface area contributed by atoms with Crippen molar-refractivity contribution in [1.29, 1.82) is 0 Å². The molecule has 0 aliphatic rings. The molecule has 0 N–H and O–H groups in total. The van der Waals surface area contributed by atoms with Crippen LogP contribution < -0.4 is 9.47 Å². The van der Waals surface area contributed by atoms with Crippen molar-refractivity contribution >= 4 is 22.6 Å². The Morgan fingerprint density at radius 2 is 1.84 bits per heavy atom. The van der Waals surface area contributed by atoms with Crippen molar-refractivity contribution in [1.82, 2.24) is 4.98 Å². The summed E-state index contributed by atoms with van der Waals surface area (Å²) in [6.45, 7) is 1.58. The number of aromatic nitrogens is 1. The van der Waals surface area contributed by atoms with Crippen molar-refractivity contribution in [3.63, 3.8) is 0 Å². The summed E-state index contributed by atoms with van der Waals surface area (Å²) in [7, 11) is 1.58. The van der Waals surface area contributed by atoms with Crippen molar-refractivity contribution in [2.75, 3.05) is 7.11 Å². The maximum absolute atomic E-state index is 12.3. The second-order valence-corrected chi connectivity index (χ2v) is 5.35. The first-order valence-electron chi connectivity index (χ1n) is 7.40. The maximum Gasteiger partial charge on any atom is 0.362 e. The van der Waals surface area contributed by atoms with Crippen LogP contribution in [0.25, 0.3) is 10.9 Å². The zero-order valence-electron chi connectivity index (χ0n) is 13.6. The average molecular weight is 338 g/mol. The summed E-state index contributed by atoms with van der Waals surface area (Å²) >= 11 is 0. The predicted molar refractivity (Wildman–Crippen MR) is 91.1 cm³/mol. The highest BCUT2D eigenvalue weighted by atomic mass is 16.6. The van der Waals surface area contributed by atoms with Gasteiger partial charge in [0, 0.05) is 17.0 Å². The van der Waals surface area contributed by atoms with Gasteiger partial charge in [0.25, 0.3) is 5.69 Å². The minimum Gasteiger partial charge on any atom is -0.497 e. The number of nitrogens with zero attached hydrogens (tertiary/aromatic N) is 2. The molecule has 0 spiro atoms. The van der Waals surface area contributed by atoms with Gasteiger partial charge in [0.2, 0.25) is 0 Å².